The van der Waals surface area contributed by atoms with E-state index in [2.05, 4.69) is 40.6 Å². The highest BCUT2D eigenvalue weighted by Gasteiger charge is 2.14. The Labute approximate surface area is 158 Å². The fourth-order valence-electron chi connectivity index (χ4n) is 3.18. The molecule has 0 saturated heterocycles. The van der Waals surface area contributed by atoms with Crippen LogP contribution < -0.4 is 5.32 Å². The predicted octanol–water partition coefficient (Wildman–Crippen LogP) is 3.67. The van der Waals surface area contributed by atoms with Gasteiger partial charge in [-0.1, -0.05) is 42.5 Å². The highest BCUT2D eigenvalue weighted by atomic mass is 16.1. The SMILES string of the molecule is CN(C)CCNC(=O)c1cccc2[nH]c(-c3ccc4ccccc4c3)nc12. The number of hydrogen-bond donors (Lipinski definition) is 2. The van der Waals surface area contributed by atoms with Crippen LogP contribution in [0, 0.1) is 0 Å². The maximum atomic E-state index is 12.6. The molecule has 1 heterocycles. The first-order valence-corrected chi connectivity index (χ1v) is 9.02. The van der Waals surface area contributed by atoms with Gasteiger partial charge in [0.05, 0.1) is 11.1 Å². The van der Waals surface area contributed by atoms with E-state index in [1.807, 2.05) is 49.3 Å². The molecule has 0 unspecified atom stereocenters. The Hall–Kier alpha value is -3.18. The number of aromatic amines is 1. The zero-order valence-electron chi connectivity index (χ0n) is 15.5. The van der Waals surface area contributed by atoms with E-state index in [4.69, 9.17) is 4.98 Å². The molecule has 0 fully saturated rings. The van der Waals surface area contributed by atoms with Gasteiger partial charge in [0, 0.05) is 18.7 Å². The van der Waals surface area contributed by atoms with Crippen LogP contribution in [0.4, 0.5) is 0 Å². The maximum Gasteiger partial charge on any atom is 0.253 e. The van der Waals surface area contributed by atoms with Gasteiger partial charge < -0.3 is 15.2 Å². The quantitative estimate of drug-likeness (QED) is 0.572. The summed E-state index contributed by atoms with van der Waals surface area (Å²) in [6, 6.07) is 20.1. The summed E-state index contributed by atoms with van der Waals surface area (Å²) in [6.07, 6.45) is 0. The van der Waals surface area contributed by atoms with Crippen molar-refractivity contribution in [1.29, 1.82) is 0 Å². The molecule has 0 aliphatic rings. The number of carbonyl (C=O) groups excluding carboxylic acids is 1. The fourth-order valence-corrected chi connectivity index (χ4v) is 3.18. The third kappa shape index (κ3) is 3.55. The number of H-pyrrole nitrogens is 1. The van der Waals surface area contributed by atoms with E-state index in [1.54, 1.807) is 0 Å². The lowest BCUT2D eigenvalue weighted by Crippen LogP contribution is -2.31. The number of fused-ring (bicyclic) bond motifs is 2. The van der Waals surface area contributed by atoms with Gasteiger partial charge in [-0.05, 0) is 43.1 Å². The molecule has 0 radical (unpaired) electrons. The first-order chi connectivity index (χ1) is 13.1. The van der Waals surface area contributed by atoms with Gasteiger partial charge in [-0.2, -0.15) is 0 Å². The Morgan fingerprint density at radius 1 is 1.04 bits per heavy atom. The van der Waals surface area contributed by atoms with Crippen molar-refractivity contribution in [3.63, 3.8) is 0 Å². The number of aromatic nitrogens is 2. The molecule has 136 valence electrons. The minimum atomic E-state index is -0.0981. The molecule has 0 aliphatic carbocycles. The molecule has 27 heavy (non-hydrogen) atoms. The number of carbonyl (C=O) groups is 1. The average Bonchev–Trinajstić information content (AvgIpc) is 3.11. The monoisotopic (exact) mass is 358 g/mol. The Balaban J connectivity index is 1.68. The second-order valence-corrected chi connectivity index (χ2v) is 6.91. The van der Waals surface area contributed by atoms with Gasteiger partial charge in [-0.15, -0.1) is 0 Å². The van der Waals surface area contributed by atoms with Crippen LogP contribution >= 0.6 is 0 Å². The van der Waals surface area contributed by atoms with Gasteiger partial charge in [0.1, 0.15) is 11.3 Å². The third-order valence-electron chi connectivity index (χ3n) is 4.62. The van der Waals surface area contributed by atoms with Crippen molar-refractivity contribution >= 4 is 27.7 Å². The van der Waals surface area contributed by atoms with Crippen LogP contribution in [0.25, 0.3) is 33.2 Å². The van der Waals surface area contributed by atoms with E-state index in [9.17, 15) is 4.79 Å². The van der Waals surface area contributed by atoms with Crippen LogP contribution in [0.1, 0.15) is 10.4 Å². The first-order valence-electron chi connectivity index (χ1n) is 9.02. The third-order valence-corrected chi connectivity index (χ3v) is 4.62. The number of nitrogens with one attached hydrogen (secondary N) is 2. The molecule has 5 heteroatoms. The van der Waals surface area contributed by atoms with Crippen molar-refractivity contribution in [1.82, 2.24) is 20.2 Å². The molecule has 4 aromatic rings. The molecular formula is C22H22N4O. The van der Waals surface area contributed by atoms with Gasteiger partial charge in [0.15, 0.2) is 0 Å². The van der Waals surface area contributed by atoms with Crippen LogP contribution in [0.3, 0.4) is 0 Å². The van der Waals surface area contributed by atoms with E-state index in [0.29, 0.717) is 17.6 Å². The Morgan fingerprint density at radius 2 is 1.85 bits per heavy atom. The van der Waals surface area contributed by atoms with Crippen molar-refractivity contribution in [2.24, 2.45) is 0 Å². The minimum absolute atomic E-state index is 0.0981. The minimum Gasteiger partial charge on any atom is -0.351 e. The molecule has 4 rings (SSSR count). The molecule has 1 aromatic heterocycles. The van der Waals surface area contributed by atoms with E-state index in [1.165, 1.54) is 5.39 Å². The van der Waals surface area contributed by atoms with Crippen LogP contribution in [0.15, 0.2) is 60.7 Å². The largest absolute Gasteiger partial charge is 0.351 e. The van der Waals surface area contributed by atoms with Gasteiger partial charge in [0.25, 0.3) is 5.91 Å². The zero-order chi connectivity index (χ0) is 18.8. The number of hydrogen-bond acceptors (Lipinski definition) is 3. The van der Waals surface area contributed by atoms with Crippen molar-refractivity contribution in [2.75, 3.05) is 27.2 Å². The normalized spacial score (nSPS) is 11.4. The summed E-state index contributed by atoms with van der Waals surface area (Å²) in [5.41, 5.74) is 3.15. The smallest absolute Gasteiger partial charge is 0.253 e. The van der Waals surface area contributed by atoms with Crippen LogP contribution in [0.2, 0.25) is 0 Å². The number of nitrogens with zero attached hydrogens (tertiary/aromatic N) is 2. The molecule has 3 aromatic carbocycles. The maximum absolute atomic E-state index is 12.6. The molecule has 0 spiro atoms. The fraction of sp³-hybridized carbons (Fsp3) is 0.182. The summed E-state index contributed by atoms with van der Waals surface area (Å²) in [4.78, 5) is 22.7. The van der Waals surface area contributed by atoms with Crippen LogP contribution in [-0.2, 0) is 0 Å². The van der Waals surface area contributed by atoms with E-state index >= 15 is 0 Å². The second kappa shape index (κ2) is 7.21. The van der Waals surface area contributed by atoms with Gasteiger partial charge in [0.2, 0.25) is 0 Å². The topological polar surface area (TPSA) is 61.0 Å². The Bertz CT molecular complexity index is 1110. The standard InChI is InChI=1S/C22H22N4O/c1-26(2)13-12-23-22(27)18-8-5-9-19-20(18)25-21(24-19)17-11-10-15-6-3-4-7-16(15)14-17/h3-11,14H,12-13H2,1-2H3,(H,23,27)(H,24,25). The number of amides is 1. The lowest BCUT2D eigenvalue weighted by atomic mass is 10.1. The summed E-state index contributed by atoms with van der Waals surface area (Å²) in [6.45, 7) is 1.40. The highest BCUT2D eigenvalue weighted by Crippen LogP contribution is 2.26. The van der Waals surface area contributed by atoms with Gasteiger partial charge in [-0.25, -0.2) is 4.98 Å². The molecule has 0 saturated carbocycles. The number of likely N-dealkylation sites (N-methyl/N-ethyl adjacent to an activating group) is 1. The summed E-state index contributed by atoms with van der Waals surface area (Å²) in [7, 11) is 3.97. The summed E-state index contributed by atoms with van der Waals surface area (Å²) in [5.74, 6) is 0.670. The number of rotatable bonds is 5. The molecule has 0 atom stereocenters. The molecule has 2 N–H and O–H groups in total. The van der Waals surface area contributed by atoms with E-state index in [-0.39, 0.29) is 5.91 Å². The lowest BCUT2D eigenvalue weighted by Gasteiger charge is -2.10. The number of benzene rings is 3. The molecular weight excluding hydrogens is 336 g/mol. The second-order valence-electron chi connectivity index (χ2n) is 6.91. The molecule has 1 amide bonds. The van der Waals surface area contributed by atoms with Crippen LogP contribution in [-0.4, -0.2) is 48.0 Å². The van der Waals surface area contributed by atoms with Crippen molar-refractivity contribution in [3.8, 4) is 11.4 Å². The first kappa shape index (κ1) is 17.2. The Morgan fingerprint density at radius 3 is 2.67 bits per heavy atom. The summed E-state index contributed by atoms with van der Waals surface area (Å²) in [5, 5.41) is 5.32. The lowest BCUT2D eigenvalue weighted by molar-refractivity contribution is 0.0952. The van der Waals surface area contributed by atoms with E-state index in [0.717, 1.165) is 28.8 Å². The van der Waals surface area contributed by atoms with Crippen LogP contribution in [0.5, 0.6) is 0 Å². The Kier molecular flexibility index (Phi) is 4.60. The molecule has 5 nitrogen and oxygen atoms in total. The van der Waals surface area contributed by atoms with Crippen molar-refractivity contribution in [3.05, 3.63) is 66.2 Å². The highest BCUT2D eigenvalue weighted by molar-refractivity contribution is 6.05. The predicted molar refractivity (Wildman–Crippen MR) is 110 cm³/mol. The number of imidazole rings is 1. The summed E-state index contributed by atoms with van der Waals surface area (Å²) >= 11 is 0. The van der Waals surface area contributed by atoms with E-state index < -0.39 is 0 Å². The van der Waals surface area contributed by atoms with Crippen molar-refractivity contribution in [2.45, 2.75) is 0 Å². The molecule has 0 bridgehead atoms. The average molecular weight is 358 g/mol. The van der Waals surface area contributed by atoms with Crippen molar-refractivity contribution < 1.29 is 4.79 Å². The number of para-hydroxylation sites is 1. The summed E-state index contributed by atoms with van der Waals surface area (Å²) < 4.78 is 0. The van der Waals surface area contributed by atoms with Gasteiger partial charge >= 0.3 is 0 Å². The zero-order valence-corrected chi connectivity index (χ0v) is 15.5. The molecule has 0 aliphatic heterocycles. The van der Waals surface area contributed by atoms with Gasteiger partial charge in [-0.3, -0.25) is 4.79 Å².